The van der Waals surface area contributed by atoms with E-state index in [0.717, 1.165) is 72.1 Å². The summed E-state index contributed by atoms with van der Waals surface area (Å²) < 4.78 is 2.22. The van der Waals surface area contributed by atoms with Crippen molar-refractivity contribution < 1.29 is 0 Å². The number of aromatic nitrogens is 3. The quantitative estimate of drug-likeness (QED) is 0.150. The Bertz CT molecular complexity index is 3600. The van der Waals surface area contributed by atoms with Crippen molar-refractivity contribution in [3.63, 3.8) is 0 Å². The molecule has 10 aromatic rings. The van der Waals surface area contributed by atoms with E-state index in [-0.39, 0.29) is 16.9 Å². The average molecular weight is 827 g/mol. The summed E-state index contributed by atoms with van der Waals surface area (Å²) in [6.45, 7) is 23.6. The topological polar surface area (TPSA) is 91.4 Å². The number of hydrogen-bond donors (Lipinski definition) is 0. The third-order valence-corrected chi connectivity index (χ3v) is 11.5. The summed E-state index contributed by atoms with van der Waals surface area (Å²) >= 11 is 0. The molecule has 0 bridgehead atoms. The van der Waals surface area contributed by atoms with Gasteiger partial charge in [-0.25, -0.2) is 24.5 Å². The van der Waals surface area contributed by atoms with E-state index >= 15 is 0 Å². The molecule has 8 heteroatoms. The van der Waals surface area contributed by atoms with Crippen molar-refractivity contribution in [3.8, 4) is 85.1 Å². The molecule has 0 aliphatic heterocycles. The Hall–Kier alpha value is -9.91. The minimum atomic E-state index is 0.228. The Morgan fingerprint density at radius 1 is 0.446 bits per heavy atom. The first-order valence-electron chi connectivity index (χ1n) is 20.5. The fourth-order valence-corrected chi connectivity index (χ4v) is 8.56. The van der Waals surface area contributed by atoms with Gasteiger partial charge >= 0.3 is 0 Å². The third kappa shape index (κ3) is 7.07. The van der Waals surface area contributed by atoms with Gasteiger partial charge in [0.15, 0.2) is 22.9 Å². The third-order valence-electron chi connectivity index (χ3n) is 11.5. The van der Waals surface area contributed by atoms with Crippen LogP contribution in [0, 0.1) is 42.4 Å². The van der Waals surface area contributed by atoms with Gasteiger partial charge in [0.2, 0.25) is 0 Å². The van der Waals surface area contributed by atoms with E-state index in [2.05, 4.69) is 55.5 Å². The van der Waals surface area contributed by atoms with Gasteiger partial charge in [-0.05, 0) is 77.4 Å². The maximum atomic E-state index is 10.3. The summed E-state index contributed by atoms with van der Waals surface area (Å²) in [5.41, 5.74) is 12.7. The lowest BCUT2D eigenvalue weighted by Crippen LogP contribution is -2.03. The van der Waals surface area contributed by atoms with Gasteiger partial charge in [-0.1, -0.05) is 121 Å². The minimum absolute atomic E-state index is 0.228. The molecule has 0 unspecified atom stereocenters. The molecular weight excluding hydrogens is 797 g/mol. The van der Waals surface area contributed by atoms with Gasteiger partial charge < -0.3 is 4.57 Å². The average Bonchev–Trinajstić information content (AvgIpc) is 3.71. The van der Waals surface area contributed by atoms with Crippen LogP contribution in [0.5, 0.6) is 0 Å². The highest BCUT2D eigenvalue weighted by Gasteiger charge is 2.24. The maximum absolute atomic E-state index is 10.3. The second-order valence-corrected chi connectivity index (χ2v) is 15.3. The molecule has 0 atom stereocenters. The summed E-state index contributed by atoms with van der Waals surface area (Å²) in [5, 5.41) is 22.3. The van der Waals surface area contributed by atoms with Gasteiger partial charge in [-0.15, -0.1) is 0 Å². The second kappa shape index (κ2) is 16.5. The second-order valence-electron chi connectivity index (χ2n) is 15.3. The van der Waals surface area contributed by atoms with Crippen LogP contribution in [0.2, 0.25) is 0 Å². The highest BCUT2D eigenvalue weighted by Crippen LogP contribution is 2.46. The molecule has 10 rings (SSSR count). The van der Waals surface area contributed by atoms with Crippen LogP contribution in [0.15, 0.2) is 182 Å². The predicted octanol–water partition coefficient (Wildman–Crippen LogP) is 15.0. The molecule has 0 amide bonds. The molecule has 0 aliphatic carbocycles. The first kappa shape index (κ1) is 39.2. The van der Waals surface area contributed by atoms with Gasteiger partial charge in [0.1, 0.15) is 0 Å². The van der Waals surface area contributed by atoms with Crippen LogP contribution in [0.3, 0.4) is 0 Å². The smallest absolute Gasteiger partial charge is 0.187 e. The standard InChI is InChI=1S/C57H30N8/c1-60-44-21-13-20-40(27-44)48-31-42(51-33-50(37-15-6-4-7-16-37)63-57(64-51)38-17-8-5-9-18-38)30-47(39-19-12-14-36(26-39)34-58)56(48)65-53-23-11-10-22-46(53)49-29-41(24-25-54(49)65)55-43(35-59)28-45(61-2)32-52(55)62-3/h4-33H. The van der Waals surface area contributed by atoms with E-state index in [0.29, 0.717) is 33.9 Å². The Morgan fingerprint density at radius 2 is 1.08 bits per heavy atom. The first-order chi connectivity index (χ1) is 32.0. The molecule has 0 saturated carbocycles. The van der Waals surface area contributed by atoms with Crippen LogP contribution < -0.4 is 0 Å². The van der Waals surface area contributed by atoms with Crippen molar-refractivity contribution in [2.45, 2.75) is 0 Å². The van der Waals surface area contributed by atoms with Crippen molar-refractivity contribution in [1.29, 1.82) is 10.5 Å². The zero-order chi connectivity index (χ0) is 44.4. The maximum Gasteiger partial charge on any atom is 0.187 e. The Balaban J connectivity index is 1.33. The summed E-state index contributed by atoms with van der Waals surface area (Å²) in [7, 11) is 0. The van der Waals surface area contributed by atoms with Gasteiger partial charge in [0, 0.05) is 49.7 Å². The van der Waals surface area contributed by atoms with Gasteiger partial charge in [0.05, 0.1) is 65.5 Å². The first-order valence-corrected chi connectivity index (χ1v) is 20.5. The molecular formula is C57H30N8. The number of fused-ring (bicyclic) bond motifs is 3. The number of para-hydroxylation sites is 1. The summed E-state index contributed by atoms with van der Waals surface area (Å²) in [6, 6.07) is 63.0. The van der Waals surface area contributed by atoms with E-state index in [9.17, 15) is 10.5 Å². The molecule has 298 valence electrons. The lowest BCUT2D eigenvalue weighted by atomic mass is 9.90. The van der Waals surface area contributed by atoms with E-state index < -0.39 is 0 Å². The molecule has 0 spiro atoms. The van der Waals surface area contributed by atoms with Crippen LogP contribution in [0.25, 0.3) is 109 Å². The molecule has 65 heavy (non-hydrogen) atoms. The molecule has 0 fully saturated rings. The number of benzene rings is 8. The number of nitrogens with zero attached hydrogens (tertiary/aromatic N) is 8. The van der Waals surface area contributed by atoms with Crippen LogP contribution >= 0.6 is 0 Å². The van der Waals surface area contributed by atoms with Crippen molar-refractivity contribution in [1.82, 2.24) is 14.5 Å². The Labute approximate surface area is 374 Å². The fourth-order valence-electron chi connectivity index (χ4n) is 8.56. The lowest BCUT2D eigenvalue weighted by molar-refractivity contribution is 1.17. The van der Waals surface area contributed by atoms with Crippen LogP contribution in [0.4, 0.5) is 17.1 Å². The SMILES string of the molecule is [C-]#[N+]c1cccc(-c2cc(-c3cc(-c4ccccc4)nc(-c4ccccc4)n3)cc(-c3cccc(C#N)c3)c2-n2c3ccccc3c3cc(-c4c(C#N)cc([N+]#[C-])cc4[N+]#[C-])ccc32)c1. The molecule has 0 radical (unpaired) electrons. The Morgan fingerprint density at radius 3 is 1.77 bits per heavy atom. The fraction of sp³-hybridized carbons (Fsp3) is 0. The monoisotopic (exact) mass is 826 g/mol. The van der Waals surface area contributed by atoms with Crippen LogP contribution in [-0.2, 0) is 0 Å². The molecule has 0 N–H and O–H groups in total. The summed E-state index contributed by atoms with van der Waals surface area (Å²) in [4.78, 5) is 21.4. The highest BCUT2D eigenvalue weighted by molar-refractivity contribution is 6.12. The van der Waals surface area contributed by atoms with E-state index in [4.69, 9.17) is 29.7 Å². The molecule has 8 nitrogen and oxygen atoms in total. The highest BCUT2D eigenvalue weighted by atomic mass is 15.0. The predicted molar refractivity (Wildman–Crippen MR) is 257 cm³/mol. The van der Waals surface area contributed by atoms with Crippen molar-refractivity contribution in [2.75, 3.05) is 0 Å². The van der Waals surface area contributed by atoms with Crippen molar-refractivity contribution in [3.05, 3.63) is 227 Å². The van der Waals surface area contributed by atoms with Crippen LogP contribution in [0.1, 0.15) is 11.1 Å². The normalized spacial score (nSPS) is 10.7. The largest absolute Gasteiger partial charge is 0.308 e. The zero-order valence-corrected chi connectivity index (χ0v) is 34.4. The molecule has 0 aliphatic rings. The number of rotatable bonds is 7. The van der Waals surface area contributed by atoms with Crippen molar-refractivity contribution >= 4 is 38.9 Å². The molecule has 0 saturated heterocycles. The summed E-state index contributed by atoms with van der Waals surface area (Å²) in [5.74, 6) is 0.568. The van der Waals surface area contributed by atoms with Crippen molar-refractivity contribution in [2.24, 2.45) is 0 Å². The van der Waals surface area contributed by atoms with E-state index in [1.54, 1.807) is 12.1 Å². The molecule has 2 aromatic heterocycles. The lowest BCUT2D eigenvalue weighted by Gasteiger charge is -2.22. The Kier molecular flexibility index (Phi) is 9.97. The van der Waals surface area contributed by atoms with Crippen LogP contribution in [-0.4, -0.2) is 14.5 Å². The van der Waals surface area contributed by atoms with E-state index in [1.165, 1.54) is 12.1 Å². The summed E-state index contributed by atoms with van der Waals surface area (Å²) in [6.07, 6.45) is 0. The number of hydrogen-bond acceptors (Lipinski definition) is 4. The van der Waals surface area contributed by atoms with Gasteiger partial charge in [0.25, 0.3) is 0 Å². The molecule has 2 heterocycles. The minimum Gasteiger partial charge on any atom is -0.308 e. The molecule has 8 aromatic carbocycles. The van der Waals surface area contributed by atoms with Gasteiger partial charge in [-0.3, -0.25) is 0 Å². The van der Waals surface area contributed by atoms with E-state index in [1.807, 2.05) is 133 Å². The zero-order valence-electron chi connectivity index (χ0n) is 34.4. The van der Waals surface area contributed by atoms with Gasteiger partial charge in [-0.2, -0.15) is 10.5 Å². The number of nitriles is 2.